The quantitative estimate of drug-likeness (QED) is 0.285. The number of hydrogen-bond donors (Lipinski definition) is 1. The van der Waals surface area contributed by atoms with E-state index in [0.29, 0.717) is 65.8 Å². The second-order valence-corrected chi connectivity index (χ2v) is 12.9. The summed E-state index contributed by atoms with van der Waals surface area (Å²) >= 11 is 1.17. The molecule has 1 aromatic carbocycles. The van der Waals surface area contributed by atoms with Gasteiger partial charge in [0.15, 0.2) is 0 Å². The average molecular weight is 599 g/mol. The number of aromatic nitrogens is 4. The molecule has 1 amide bonds. The SMILES string of the molecule is CCOC(=O)/C=C/c1nnc(-n2ncc3c(N4CCN(C(=O)C(C)C)CC4)cc(S(=O)(=O)NC4(C#N)CC4)cc32)s1. The topological polar surface area (TPSA) is 163 Å². The van der Waals surface area contributed by atoms with Crippen molar-refractivity contribution in [2.75, 3.05) is 37.7 Å². The van der Waals surface area contributed by atoms with Crippen molar-refractivity contribution in [3.05, 3.63) is 29.4 Å². The summed E-state index contributed by atoms with van der Waals surface area (Å²) in [5.74, 6) is -0.523. The van der Waals surface area contributed by atoms with E-state index >= 15 is 0 Å². The minimum Gasteiger partial charge on any atom is -0.463 e. The highest BCUT2D eigenvalue weighted by molar-refractivity contribution is 7.89. The molecule has 1 saturated heterocycles. The van der Waals surface area contributed by atoms with E-state index in [2.05, 4.69) is 26.1 Å². The number of fused-ring (bicyclic) bond motifs is 1. The zero-order valence-electron chi connectivity index (χ0n) is 22.9. The molecular formula is C26H30N8O5S2. The fourth-order valence-corrected chi connectivity index (χ4v) is 6.71. The van der Waals surface area contributed by atoms with Crippen molar-refractivity contribution < 1.29 is 22.7 Å². The monoisotopic (exact) mass is 598 g/mol. The van der Waals surface area contributed by atoms with Gasteiger partial charge < -0.3 is 14.5 Å². The third-order valence-electron chi connectivity index (χ3n) is 6.93. The van der Waals surface area contributed by atoms with Crippen LogP contribution in [0.2, 0.25) is 0 Å². The van der Waals surface area contributed by atoms with Crippen LogP contribution in [-0.2, 0) is 24.3 Å². The molecule has 2 aromatic heterocycles. The number of carbonyl (C=O) groups is 2. The lowest BCUT2D eigenvalue weighted by Gasteiger charge is -2.37. The van der Waals surface area contributed by atoms with E-state index in [1.54, 1.807) is 19.2 Å². The van der Waals surface area contributed by atoms with Crippen LogP contribution in [0.1, 0.15) is 38.6 Å². The number of anilines is 1. The first-order valence-electron chi connectivity index (χ1n) is 13.3. The van der Waals surface area contributed by atoms with Gasteiger partial charge in [0, 0.05) is 49.2 Å². The number of ether oxygens (including phenoxy) is 1. The Morgan fingerprint density at radius 1 is 1.22 bits per heavy atom. The first-order chi connectivity index (χ1) is 19.6. The molecule has 1 aliphatic carbocycles. The molecule has 0 unspecified atom stereocenters. The molecule has 5 rings (SSSR count). The predicted molar refractivity (Wildman–Crippen MR) is 152 cm³/mol. The third kappa shape index (κ3) is 5.95. The minimum atomic E-state index is -4.05. The van der Waals surface area contributed by atoms with E-state index in [1.165, 1.54) is 34.2 Å². The smallest absolute Gasteiger partial charge is 0.330 e. The normalized spacial score (nSPS) is 16.9. The molecule has 2 fully saturated rings. The van der Waals surface area contributed by atoms with Crippen LogP contribution < -0.4 is 9.62 Å². The molecule has 1 N–H and O–H groups in total. The van der Waals surface area contributed by atoms with Gasteiger partial charge in [0.2, 0.25) is 21.1 Å². The number of nitrogens with zero attached hydrogens (tertiary/aromatic N) is 7. The van der Waals surface area contributed by atoms with Gasteiger partial charge in [-0.1, -0.05) is 25.2 Å². The van der Waals surface area contributed by atoms with Gasteiger partial charge in [-0.15, -0.1) is 10.2 Å². The Kier molecular flexibility index (Phi) is 7.82. The second kappa shape index (κ2) is 11.2. The molecule has 1 aliphatic heterocycles. The van der Waals surface area contributed by atoms with Crippen LogP contribution in [0.5, 0.6) is 0 Å². The van der Waals surface area contributed by atoms with Crippen molar-refractivity contribution in [2.24, 2.45) is 5.92 Å². The van der Waals surface area contributed by atoms with Crippen LogP contribution in [-0.4, -0.2) is 83.5 Å². The van der Waals surface area contributed by atoms with Gasteiger partial charge in [-0.05, 0) is 38.0 Å². The Morgan fingerprint density at radius 2 is 1.95 bits per heavy atom. The van der Waals surface area contributed by atoms with Crippen molar-refractivity contribution in [3.8, 4) is 11.2 Å². The van der Waals surface area contributed by atoms with Crippen molar-refractivity contribution >= 4 is 55.9 Å². The zero-order chi connectivity index (χ0) is 29.4. The highest BCUT2D eigenvalue weighted by Crippen LogP contribution is 2.38. The molecule has 3 heterocycles. The second-order valence-electron chi connectivity index (χ2n) is 10.2. The summed E-state index contributed by atoms with van der Waals surface area (Å²) < 4.78 is 35.9. The van der Waals surface area contributed by atoms with E-state index < -0.39 is 21.5 Å². The summed E-state index contributed by atoms with van der Waals surface area (Å²) in [4.78, 5) is 28.1. The number of piperazine rings is 1. The Labute approximate surface area is 241 Å². The van der Waals surface area contributed by atoms with Crippen LogP contribution in [0.25, 0.3) is 22.1 Å². The summed E-state index contributed by atoms with van der Waals surface area (Å²) in [6.45, 7) is 7.74. The zero-order valence-corrected chi connectivity index (χ0v) is 24.5. The van der Waals surface area contributed by atoms with Gasteiger partial charge in [-0.2, -0.15) is 15.1 Å². The molecule has 3 aromatic rings. The number of carbonyl (C=O) groups excluding carboxylic acids is 2. The third-order valence-corrected chi connectivity index (χ3v) is 9.31. The maximum absolute atomic E-state index is 13.5. The highest BCUT2D eigenvalue weighted by Gasteiger charge is 2.47. The summed E-state index contributed by atoms with van der Waals surface area (Å²) in [7, 11) is -4.05. The van der Waals surface area contributed by atoms with Crippen molar-refractivity contribution in [2.45, 2.75) is 44.0 Å². The fraction of sp³-hybridized carbons (Fsp3) is 0.462. The lowest BCUT2D eigenvalue weighted by molar-refractivity contribution is -0.137. The number of hydrogen-bond acceptors (Lipinski definition) is 11. The van der Waals surface area contributed by atoms with Gasteiger partial charge >= 0.3 is 5.97 Å². The summed E-state index contributed by atoms with van der Waals surface area (Å²) in [6, 6.07) is 5.17. The summed E-state index contributed by atoms with van der Waals surface area (Å²) in [5, 5.41) is 23.8. The van der Waals surface area contributed by atoms with Crippen LogP contribution >= 0.6 is 11.3 Å². The van der Waals surface area contributed by atoms with E-state index in [9.17, 15) is 23.3 Å². The molecular weight excluding hydrogens is 568 g/mol. The molecule has 0 atom stereocenters. The largest absolute Gasteiger partial charge is 0.463 e. The lowest BCUT2D eigenvalue weighted by Crippen LogP contribution is -2.50. The molecule has 0 spiro atoms. The van der Waals surface area contributed by atoms with Gasteiger partial charge in [0.25, 0.3) is 0 Å². The summed E-state index contributed by atoms with van der Waals surface area (Å²) in [6.07, 6.45) is 5.30. The average Bonchev–Trinajstić information content (AvgIpc) is 3.34. The van der Waals surface area contributed by atoms with Crippen LogP contribution in [0.15, 0.2) is 29.3 Å². The molecule has 41 heavy (non-hydrogen) atoms. The Bertz CT molecular complexity index is 1660. The van der Waals surface area contributed by atoms with Crippen LogP contribution in [0, 0.1) is 17.2 Å². The van der Waals surface area contributed by atoms with E-state index in [0.717, 1.165) is 0 Å². The van der Waals surface area contributed by atoms with E-state index in [-0.39, 0.29) is 23.3 Å². The minimum absolute atomic E-state index is 0.00379. The first kappa shape index (κ1) is 28.7. The molecule has 15 heteroatoms. The van der Waals surface area contributed by atoms with Gasteiger partial charge in [-0.3, -0.25) is 4.79 Å². The van der Waals surface area contributed by atoms with Crippen LogP contribution in [0.3, 0.4) is 0 Å². The number of sulfonamides is 1. The molecule has 13 nitrogen and oxygen atoms in total. The molecule has 1 saturated carbocycles. The maximum Gasteiger partial charge on any atom is 0.330 e. The fourth-order valence-electron chi connectivity index (χ4n) is 4.57. The Balaban J connectivity index is 1.53. The van der Waals surface area contributed by atoms with E-state index in [1.807, 2.05) is 23.6 Å². The van der Waals surface area contributed by atoms with Crippen molar-refractivity contribution in [1.82, 2.24) is 29.6 Å². The number of amides is 1. The Morgan fingerprint density at radius 3 is 2.59 bits per heavy atom. The summed E-state index contributed by atoms with van der Waals surface area (Å²) in [5.41, 5.74) is 0.0538. The molecule has 2 aliphatic rings. The van der Waals surface area contributed by atoms with E-state index in [4.69, 9.17) is 4.74 Å². The number of nitriles is 1. The first-order valence-corrected chi connectivity index (χ1v) is 15.6. The number of esters is 1. The van der Waals surface area contributed by atoms with Gasteiger partial charge in [-0.25, -0.2) is 17.9 Å². The van der Waals surface area contributed by atoms with Crippen molar-refractivity contribution in [3.63, 3.8) is 0 Å². The molecule has 0 radical (unpaired) electrons. The number of rotatable bonds is 9. The number of benzene rings is 1. The van der Waals surface area contributed by atoms with Crippen molar-refractivity contribution in [1.29, 1.82) is 5.26 Å². The standard InChI is InChI=1S/C26H30N8O5S2/c1-4-39-23(35)6-5-22-29-30-25(40-22)34-21-14-18(41(37,38)31-26(16-27)7-8-26)13-20(19(21)15-28-34)32-9-11-33(12-10-32)24(36)17(2)3/h5-6,13-15,17,31H,4,7-12H2,1-3H3/b6-5+. The highest BCUT2D eigenvalue weighted by atomic mass is 32.2. The molecule has 216 valence electrons. The maximum atomic E-state index is 13.5. The van der Waals surface area contributed by atoms with Crippen LogP contribution in [0.4, 0.5) is 5.69 Å². The van der Waals surface area contributed by atoms with Gasteiger partial charge in [0.1, 0.15) is 10.5 Å². The Hall–Kier alpha value is -3.87. The van der Waals surface area contributed by atoms with Gasteiger partial charge in [0.05, 0.1) is 29.3 Å². The lowest BCUT2D eigenvalue weighted by atomic mass is 10.1. The predicted octanol–water partition coefficient (Wildman–Crippen LogP) is 2.09. The number of nitrogens with one attached hydrogen (secondary N) is 1. The molecule has 0 bridgehead atoms.